The second-order valence-corrected chi connectivity index (χ2v) is 8.20. The lowest BCUT2D eigenvalue weighted by molar-refractivity contribution is -0.114. The van der Waals surface area contributed by atoms with Gasteiger partial charge in [0.05, 0.1) is 11.6 Å². The molecule has 0 saturated carbocycles. The van der Waals surface area contributed by atoms with Gasteiger partial charge in [-0.15, -0.1) is 0 Å². The average Bonchev–Trinajstić information content (AvgIpc) is 2.74. The lowest BCUT2D eigenvalue weighted by Crippen LogP contribution is -2.50. The highest BCUT2D eigenvalue weighted by molar-refractivity contribution is 6.30. The molecule has 1 unspecified atom stereocenters. The fourth-order valence-electron chi connectivity index (χ4n) is 3.96. The maximum absolute atomic E-state index is 13.7. The van der Waals surface area contributed by atoms with Crippen LogP contribution in [0.15, 0.2) is 24.5 Å². The first-order valence-corrected chi connectivity index (χ1v) is 10.3. The van der Waals surface area contributed by atoms with Crippen molar-refractivity contribution in [1.82, 2.24) is 19.8 Å². The third kappa shape index (κ3) is 4.33. The zero-order chi connectivity index (χ0) is 21.3. The Morgan fingerprint density at radius 3 is 2.70 bits per heavy atom. The molecule has 3 heterocycles. The van der Waals surface area contributed by atoms with Gasteiger partial charge in [-0.25, -0.2) is 14.4 Å². The summed E-state index contributed by atoms with van der Waals surface area (Å²) in [5.74, 6) is 0.872. The highest BCUT2D eigenvalue weighted by atomic mass is 35.5. The van der Waals surface area contributed by atoms with E-state index in [1.165, 1.54) is 12.4 Å². The molecular weight excluding hydrogens is 409 g/mol. The molecule has 1 fully saturated rings. The van der Waals surface area contributed by atoms with Gasteiger partial charge >= 0.3 is 0 Å². The number of hydrogen-bond donors (Lipinski definition) is 2. The molecule has 0 bridgehead atoms. The highest BCUT2D eigenvalue weighted by Gasteiger charge is 2.29. The van der Waals surface area contributed by atoms with Crippen LogP contribution in [0.1, 0.15) is 11.6 Å². The highest BCUT2D eigenvalue weighted by Crippen LogP contribution is 2.33. The maximum atomic E-state index is 13.7. The van der Waals surface area contributed by atoms with Crippen LogP contribution in [0, 0.1) is 5.82 Å². The lowest BCUT2D eigenvalue weighted by Gasteiger charge is -2.41. The SMILES string of the molecule is CN(C)CC(c1ccc(F)c(Cl)c1)N1CCN(c2ncnc3c2NC(=O)CN3)CC1. The summed E-state index contributed by atoms with van der Waals surface area (Å²) >= 11 is 6.05. The normalized spacial score (nSPS) is 18.0. The zero-order valence-electron chi connectivity index (χ0n) is 17.0. The zero-order valence-corrected chi connectivity index (χ0v) is 17.8. The lowest BCUT2D eigenvalue weighted by atomic mass is 10.0. The molecule has 1 aromatic carbocycles. The largest absolute Gasteiger partial charge is 0.359 e. The van der Waals surface area contributed by atoms with Gasteiger partial charge in [0.1, 0.15) is 17.8 Å². The Labute approximate surface area is 180 Å². The number of benzene rings is 1. The van der Waals surface area contributed by atoms with Gasteiger partial charge in [-0.05, 0) is 31.8 Å². The van der Waals surface area contributed by atoms with E-state index in [1.807, 2.05) is 20.2 Å². The molecule has 2 aromatic rings. The summed E-state index contributed by atoms with van der Waals surface area (Å²) in [6, 6.07) is 5.06. The van der Waals surface area contributed by atoms with Crippen LogP contribution in [0.3, 0.4) is 0 Å². The Morgan fingerprint density at radius 2 is 2.00 bits per heavy atom. The quantitative estimate of drug-likeness (QED) is 0.747. The van der Waals surface area contributed by atoms with Gasteiger partial charge in [-0.3, -0.25) is 9.69 Å². The number of carbonyl (C=O) groups is 1. The Balaban J connectivity index is 1.51. The van der Waals surface area contributed by atoms with Gasteiger partial charge < -0.3 is 20.4 Å². The van der Waals surface area contributed by atoms with Crippen molar-refractivity contribution in [2.24, 2.45) is 0 Å². The number of fused-ring (bicyclic) bond motifs is 1. The van der Waals surface area contributed by atoms with Gasteiger partial charge in [0, 0.05) is 38.8 Å². The van der Waals surface area contributed by atoms with E-state index in [0.29, 0.717) is 11.5 Å². The molecule has 0 aliphatic carbocycles. The molecule has 1 aromatic heterocycles. The van der Waals surface area contributed by atoms with Crippen LogP contribution in [-0.2, 0) is 4.79 Å². The van der Waals surface area contributed by atoms with Crippen LogP contribution >= 0.6 is 11.6 Å². The molecular formula is C20H25ClFN7O. The number of nitrogens with zero attached hydrogens (tertiary/aromatic N) is 5. The number of anilines is 3. The van der Waals surface area contributed by atoms with E-state index >= 15 is 0 Å². The number of hydrogen-bond acceptors (Lipinski definition) is 7. The van der Waals surface area contributed by atoms with Crippen molar-refractivity contribution in [2.75, 3.05) is 68.9 Å². The number of aromatic nitrogens is 2. The maximum Gasteiger partial charge on any atom is 0.243 e. The van der Waals surface area contributed by atoms with E-state index in [4.69, 9.17) is 11.6 Å². The van der Waals surface area contributed by atoms with Crippen LogP contribution in [-0.4, -0.2) is 79.0 Å². The number of halogens is 2. The van der Waals surface area contributed by atoms with Gasteiger partial charge in [-0.1, -0.05) is 17.7 Å². The first-order valence-electron chi connectivity index (χ1n) is 9.90. The van der Waals surface area contributed by atoms with Crippen LogP contribution < -0.4 is 15.5 Å². The second-order valence-electron chi connectivity index (χ2n) is 7.80. The first-order chi connectivity index (χ1) is 14.4. The summed E-state index contributed by atoms with van der Waals surface area (Å²) in [5.41, 5.74) is 1.64. The Bertz CT molecular complexity index is 933. The minimum absolute atomic E-state index is 0.0981. The van der Waals surface area contributed by atoms with Crippen molar-refractivity contribution in [1.29, 1.82) is 0 Å². The van der Waals surface area contributed by atoms with Gasteiger partial charge in [0.2, 0.25) is 5.91 Å². The van der Waals surface area contributed by atoms with Crippen molar-refractivity contribution in [3.05, 3.63) is 40.9 Å². The molecule has 2 N–H and O–H groups in total. The van der Waals surface area contributed by atoms with Crippen LogP contribution in [0.2, 0.25) is 5.02 Å². The summed E-state index contributed by atoms with van der Waals surface area (Å²) in [4.78, 5) is 27.1. The summed E-state index contributed by atoms with van der Waals surface area (Å²) in [6.07, 6.45) is 1.51. The van der Waals surface area contributed by atoms with Crippen molar-refractivity contribution < 1.29 is 9.18 Å². The average molecular weight is 434 g/mol. The van der Waals surface area contributed by atoms with Gasteiger partial charge in [-0.2, -0.15) is 0 Å². The molecule has 2 aliphatic heterocycles. The van der Waals surface area contributed by atoms with Crippen molar-refractivity contribution in [3.63, 3.8) is 0 Å². The predicted molar refractivity (Wildman–Crippen MR) is 116 cm³/mol. The molecule has 0 radical (unpaired) electrons. The predicted octanol–water partition coefficient (Wildman–Crippen LogP) is 2.06. The molecule has 1 saturated heterocycles. The van der Waals surface area contributed by atoms with E-state index in [-0.39, 0.29) is 23.5 Å². The summed E-state index contributed by atoms with van der Waals surface area (Å²) in [7, 11) is 4.05. The fourth-order valence-corrected chi connectivity index (χ4v) is 4.14. The Kier molecular flexibility index (Phi) is 6.03. The van der Waals surface area contributed by atoms with E-state index < -0.39 is 5.82 Å². The third-order valence-electron chi connectivity index (χ3n) is 5.43. The Morgan fingerprint density at radius 1 is 1.23 bits per heavy atom. The molecule has 4 rings (SSSR count). The topological polar surface area (TPSA) is 76.6 Å². The number of likely N-dealkylation sites (N-methyl/N-ethyl adjacent to an activating group) is 1. The first kappa shape index (κ1) is 20.8. The molecule has 1 atom stereocenters. The number of amides is 1. The molecule has 160 valence electrons. The van der Waals surface area contributed by atoms with Crippen molar-refractivity contribution >= 4 is 34.8 Å². The molecule has 10 heteroatoms. The number of nitrogens with one attached hydrogen (secondary N) is 2. The number of rotatable bonds is 5. The van der Waals surface area contributed by atoms with E-state index in [1.54, 1.807) is 6.07 Å². The van der Waals surface area contributed by atoms with Crippen LogP contribution in [0.25, 0.3) is 0 Å². The number of piperazine rings is 1. The van der Waals surface area contributed by atoms with E-state index in [9.17, 15) is 9.18 Å². The number of carbonyl (C=O) groups excluding carboxylic acids is 1. The third-order valence-corrected chi connectivity index (χ3v) is 5.72. The molecule has 0 spiro atoms. The summed E-state index contributed by atoms with van der Waals surface area (Å²) in [6.45, 7) is 4.10. The van der Waals surface area contributed by atoms with Gasteiger partial charge in [0.15, 0.2) is 11.6 Å². The standard InChI is InChI=1S/C20H25ClFN7O/c1-27(2)11-16(13-3-4-15(22)14(21)9-13)28-5-7-29(8-6-28)20-18-19(24-12-25-20)23-10-17(30)26-18/h3-4,9,12,16H,5-8,10-11H2,1-2H3,(H,26,30)(H,23,24,25). The van der Waals surface area contributed by atoms with Crippen LogP contribution in [0.4, 0.5) is 21.7 Å². The Hall–Kier alpha value is -2.49. The summed E-state index contributed by atoms with van der Waals surface area (Å²) < 4.78 is 13.7. The summed E-state index contributed by atoms with van der Waals surface area (Å²) in [5, 5.41) is 6.05. The molecule has 8 nitrogen and oxygen atoms in total. The van der Waals surface area contributed by atoms with E-state index in [2.05, 4.69) is 35.3 Å². The minimum atomic E-state index is -0.405. The van der Waals surface area contributed by atoms with Crippen molar-refractivity contribution in [3.8, 4) is 0 Å². The van der Waals surface area contributed by atoms with E-state index in [0.717, 1.165) is 44.1 Å². The smallest absolute Gasteiger partial charge is 0.243 e. The molecule has 30 heavy (non-hydrogen) atoms. The molecule has 1 amide bonds. The molecule has 2 aliphatic rings. The van der Waals surface area contributed by atoms with Gasteiger partial charge in [0.25, 0.3) is 0 Å². The monoisotopic (exact) mass is 433 g/mol. The second kappa shape index (κ2) is 8.71. The fraction of sp³-hybridized carbons (Fsp3) is 0.450. The minimum Gasteiger partial charge on any atom is -0.359 e. The van der Waals surface area contributed by atoms with Crippen molar-refractivity contribution in [2.45, 2.75) is 6.04 Å². The van der Waals surface area contributed by atoms with Crippen LogP contribution in [0.5, 0.6) is 0 Å².